The van der Waals surface area contributed by atoms with Gasteiger partial charge in [0, 0.05) is 18.6 Å². The maximum absolute atomic E-state index is 6.38. The number of rotatable bonds is 5. The molecule has 102 valence electrons. The van der Waals surface area contributed by atoms with Gasteiger partial charge in [-0.1, -0.05) is 24.4 Å². The van der Waals surface area contributed by atoms with Crippen LogP contribution in [0.2, 0.25) is 0 Å². The normalized spacial score (nSPS) is 20.8. The number of ether oxygens (including phenoxy) is 1. The lowest BCUT2D eigenvalue weighted by Gasteiger charge is -2.31. The van der Waals surface area contributed by atoms with Crippen molar-refractivity contribution in [2.75, 3.05) is 6.61 Å². The van der Waals surface area contributed by atoms with Crippen LogP contribution in [-0.4, -0.2) is 22.3 Å². The first kappa shape index (κ1) is 13.5. The Morgan fingerprint density at radius 1 is 1.39 bits per heavy atom. The summed E-state index contributed by atoms with van der Waals surface area (Å²) in [4.78, 5) is 4.39. The molecular weight excluding hydrogens is 230 g/mol. The van der Waals surface area contributed by atoms with E-state index >= 15 is 0 Å². The van der Waals surface area contributed by atoms with Crippen LogP contribution in [0.3, 0.4) is 0 Å². The van der Waals surface area contributed by atoms with Gasteiger partial charge in [-0.05, 0) is 26.7 Å². The van der Waals surface area contributed by atoms with Gasteiger partial charge in [0.15, 0.2) is 5.82 Å². The summed E-state index contributed by atoms with van der Waals surface area (Å²) in [6, 6.07) is 0. The molecule has 1 heterocycles. The van der Waals surface area contributed by atoms with Crippen molar-refractivity contribution >= 4 is 0 Å². The molecule has 0 amide bonds. The number of hydrogen-bond acceptors (Lipinski definition) is 5. The molecule has 1 atom stereocenters. The molecule has 2 rings (SSSR count). The quantitative estimate of drug-likeness (QED) is 0.872. The van der Waals surface area contributed by atoms with Crippen LogP contribution in [0.4, 0.5) is 0 Å². The fourth-order valence-corrected chi connectivity index (χ4v) is 2.56. The smallest absolute Gasteiger partial charge is 0.228 e. The minimum absolute atomic E-state index is 0.118. The van der Waals surface area contributed by atoms with Gasteiger partial charge in [-0.25, -0.2) is 0 Å². The van der Waals surface area contributed by atoms with E-state index in [0.29, 0.717) is 24.7 Å². The Morgan fingerprint density at radius 2 is 2.11 bits per heavy atom. The number of aromatic nitrogens is 2. The maximum atomic E-state index is 6.38. The number of hydrogen-bond donors (Lipinski definition) is 1. The predicted molar refractivity (Wildman–Crippen MR) is 68.0 cm³/mol. The van der Waals surface area contributed by atoms with Gasteiger partial charge in [0.2, 0.25) is 5.89 Å². The third-order valence-electron chi connectivity index (χ3n) is 3.62. The van der Waals surface area contributed by atoms with E-state index in [4.69, 9.17) is 15.0 Å². The number of nitrogens with zero attached hydrogens (tertiary/aromatic N) is 2. The molecule has 5 heteroatoms. The lowest BCUT2D eigenvalue weighted by molar-refractivity contribution is 0.0683. The second kappa shape index (κ2) is 5.80. The van der Waals surface area contributed by atoms with Gasteiger partial charge in [-0.15, -0.1) is 0 Å². The van der Waals surface area contributed by atoms with Crippen molar-refractivity contribution in [1.29, 1.82) is 0 Å². The van der Waals surface area contributed by atoms with Crippen molar-refractivity contribution in [2.24, 2.45) is 5.73 Å². The summed E-state index contributed by atoms with van der Waals surface area (Å²) in [5.41, 5.74) is 6.22. The van der Waals surface area contributed by atoms with Gasteiger partial charge in [0.05, 0.1) is 0 Å². The van der Waals surface area contributed by atoms with Crippen LogP contribution in [0.15, 0.2) is 4.52 Å². The van der Waals surface area contributed by atoms with Crippen molar-refractivity contribution in [1.82, 2.24) is 10.1 Å². The molecule has 1 unspecified atom stereocenters. The van der Waals surface area contributed by atoms with Gasteiger partial charge in [-0.3, -0.25) is 0 Å². The molecule has 2 N–H and O–H groups in total. The van der Waals surface area contributed by atoms with Gasteiger partial charge in [0.1, 0.15) is 6.10 Å². The van der Waals surface area contributed by atoms with Crippen molar-refractivity contribution in [3.8, 4) is 0 Å². The molecular formula is C13H23N3O2. The first-order chi connectivity index (χ1) is 8.63. The average molecular weight is 253 g/mol. The second-order valence-electron chi connectivity index (χ2n) is 5.24. The van der Waals surface area contributed by atoms with E-state index in [1.165, 1.54) is 19.3 Å². The monoisotopic (exact) mass is 253 g/mol. The minimum atomic E-state index is -0.156. The number of nitrogens with two attached hydrogens (primary N) is 1. The summed E-state index contributed by atoms with van der Waals surface area (Å²) < 4.78 is 10.7. The second-order valence-corrected chi connectivity index (χ2v) is 5.24. The Kier molecular flexibility index (Phi) is 4.35. The van der Waals surface area contributed by atoms with Crippen molar-refractivity contribution in [2.45, 2.75) is 64.0 Å². The summed E-state index contributed by atoms with van der Waals surface area (Å²) in [5, 5.41) is 3.96. The minimum Gasteiger partial charge on any atom is -0.371 e. The highest BCUT2D eigenvalue weighted by atomic mass is 16.5. The summed E-state index contributed by atoms with van der Waals surface area (Å²) in [6.07, 6.45) is 6.35. The van der Waals surface area contributed by atoms with E-state index in [1.807, 2.05) is 13.8 Å². The van der Waals surface area contributed by atoms with E-state index in [0.717, 1.165) is 12.8 Å². The molecule has 0 saturated heterocycles. The first-order valence-electron chi connectivity index (χ1n) is 6.86. The average Bonchev–Trinajstić information content (AvgIpc) is 2.78. The summed E-state index contributed by atoms with van der Waals surface area (Å²) >= 11 is 0. The van der Waals surface area contributed by atoms with E-state index in [1.54, 1.807) is 0 Å². The van der Waals surface area contributed by atoms with Crippen LogP contribution in [0.1, 0.15) is 63.8 Å². The van der Waals surface area contributed by atoms with Crippen LogP contribution in [0.25, 0.3) is 0 Å². The van der Waals surface area contributed by atoms with E-state index in [9.17, 15) is 0 Å². The fourth-order valence-electron chi connectivity index (χ4n) is 2.56. The molecule has 1 aromatic rings. The molecule has 0 spiro atoms. The fraction of sp³-hybridized carbons (Fsp3) is 0.846. The summed E-state index contributed by atoms with van der Waals surface area (Å²) in [5.74, 6) is 1.26. The molecule has 0 radical (unpaired) electrons. The topological polar surface area (TPSA) is 74.2 Å². The molecule has 1 fully saturated rings. The zero-order valence-electron chi connectivity index (χ0n) is 11.3. The zero-order valence-corrected chi connectivity index (χ0v) is 11.3. The third kappa shape index (κ3) is 3.29. The molecule has 1 saturated carbocycles. The summed E-state index contributed by atoms with van der Waals surface area (Å²) in [6.45, 7) is 4.53. The van der Waals surface area contributed by atoms with Crippen LogP contribution in [0, 0.1) is 0 Å². The van der Waals surface area contributed by atoms with Gasteiger partial charge < -0.3 is 15.0 Å². The Labute approximate surface area is 108 Å². The highest BCUT2D eigenvalue weighted by Crippen LogP contribution is 2.29. The SMILES string of the molecule is CCOC(C)c1noc(CC2(N)CCCCC2)n1. The van der Waals surface area contributed by atoms with Gasteiger partial charge in [-0.2, -0.15) is 4.98 Å². The molecule has 5 nitrogen and oxygen atoms in total. The molecule has 1 aromatic heterocycles. The van der Waals surface area contributed by atoms with Gasteiger partial charge in [0.25, 0.3) is 0 Å². The van der Waals surface area contributed by atoms with Crippen molar-refractivity contribution in [3.63, 3.8) is 0 Å². The van der Waals surface area contributed by atoms with Crippen molar-refractivity contribution < 1.29 is 9.26 Å². The Balaban J connectivity index is 1.97. The Bertz CT molecular complexity index is 372. The van der Waals surface area contributed by atoms with Crippen LogP contribution in [-0.2, 0) is 11.2 Å². The Morgan fingerprint density at radius 3 is 2.78 bits per heavy atom. The largest absolute Gasteiger partial charge is 0.371 e. The first-order valence-corrected chi connectivity index (χ1v) is 6.86. The molecule has 1 aliphatic carbocycles. The Hall–Kier alpha value is -0.940. The molecule has 18 heavy (non-hydrogen) atoms. The van der Waals surface area contributed by atoms with Crippen molar-refractivity contribution in [3.05, 3.63) is 11.7 Å². The molecule has 0 bridgehead atoms. The highest BCUT2D eigenvalue weighted by molar-refractivity contribution is 4.98. The van der Waals surface area contributed by atoms with E-state index in [-0.39, 0.29) is 11.6 Å². The highest BCUT2D eigenvalue weighted by Gasteiger charge is 2.30. The lowest BCUT2D eigenvalue weighted by atomic mass is 9.80. The summed E-state index contributed by atoms with van der Waals surface area (Å²) in [7, 11) is 0. The molecule has 0 aliphatic heterocycles. The van der Waals surface area contributed by atoms with E-state index in [2.05, 4.69) is 10.1 Å². The third-order valence-corrected chi connectivity index (χ3v) is 3.62. The van der Waals surface area contributed by atoms with Crippen LogP contribution in [0.5, 0.6) is 0 Å². The zero-order chi connectivity index (χ0) is 13.0. The molecule has 1 aliphatic rings. The van der Waals surface area contributed by atoms with E-state index < -0.39 is 0 Å². The van der Waals surface area contributed by atoms with Crippen LogP contribution < -0.4 is 5.73 Å². The van der Waals surface area contributed by atoms with Gasteiger partial charge >= 0.3 is 0 Å². The maximum Gasteiger partial charge on any atom is 0.228 e. The molecule has 0 aromatic carbocycles. The predicted octanol–water partition coefficient (Wildman–Crippen LogP) is 2.37. The van der Waals surface area contributed by atoms with Crippen LogP contribution >= 0.6 is 0 Å². The standard InChI is InChI=1S/C13H23N3O2/c1-3-17-10(2)12-15-11(18-16-12)9-13(14)7-5-4-6-8-13/h10H,3-9,14H2,1-2H3. The lowest BCUT2D eigenvalue weighted by Crippen LogP contribution is -2.43.